The molecule has 10 rings (SSSR count). The van der Waals surface area contributed by atoms with E-state index >= 15 is 0 Å². The fraction of sp³-hybridized carbons (Fsp3) is 0.730. The van der Waals surface area contributed by atoms with E-state index in [1.807, 2.05) is 9.80 Å². The molecule has 6 fully saturated rings. The fourth-order valence-electron chi connectivity index (χ4n) is 9.92. The molecule has 16 heteroatoms. The van der Waals surface area contributed by atoms with Gasteiger partial charge in [0.15, 0.2) is 0 Å². The summed E-state index contributed by atoms with van der Waals surface area (Å²) in [5.41, 5.74) is 1.03. The number of fused-ring (bicyclic) bond motifs is 4. The number of aliphatic carboxylic acids is 1. The number of halogens is 4. The lowest BCUT2D eigenvalue weighted by Gasteiger charge is -2.39. The van der Waals surface area contributed by atoms with Gasteiger partial charge in [-0.3, -0.25) is 9.59 Å². The van der Waals surface area contributed by atoms with Crippen molar-refractivity contribution in [2.24, 2.45) is 35.5 Å². The summed E-state index contributed by atoms with van der Waals surface area (Å²) < 4.78 is 62.3. The highest BCUT2D eigenvalue weighted by Crippen LogP contribution is 2.57. The van der Waals surface area contributed by atoms with E-state index < -0.39 is 17.8 Å². The zero-order chi connectivity index (χ0) is 37.1. The molecular formula is C37H46F4N8O4. The van der Waals surface area contributed by atoms with Crippen LogP contribution in [0.5, 0.6) is 0 Å². The maximum Gasteiger partial charge on any atom is 0.305 e. The van der Waals surface area contributed by atoms with Gasteiger partial charge in [-0.1, -0.05) is 0 Å². The second-order valence-electron chi connectivity index (χ2n) is 16.6. The molecule has 4 aliphatic heterocycles. The second kappa shape index (κ2) is 12.3. The van der Waals surface area contributed by atoms with E-state index in [0.29, 0.717) is 103 Å². The topological polar surface area (TPSA) is 128 Å². The van der Waals surface area contributed by atoms with Crippen molar-refractivity contribution in [1.82, 2.24) is 19.9 Å². The number of aromatic nitrogens is 4. The lowest BCUT2D eigenvalue weighted by atomic mass is 10.1. The Bertz CT molecular complexity index is 1830. The van der Waals surface area contributed by atoms with Crippen LogP contribution in [0, 0.1) is 35.5 Å². The fourth-order valence-corrected chi connectivity index (χ4v) is 9.92. The molecule has 286 valence electrons. The molecular weight excluding hydrogens is 696 g/mol. The van der Waals surface area contributed by atoms with Gasteiger partial charge in [-0.05, 0) is 75.0 Å². The van der Waals surface area contributed by atoms with Crippen molar-refractivity contribution < 1.29 is 37.0 Å². The average molecular weight is 743 g/mol. The van der Waals surface area contributed by atoms with Crippen LogP contribution in [0.15, 0.2) is 0 Å². The van der Waals surface area contributed by atoms with Crippen LogP contribution in [0.2, 0.25) is 0 Å². The van der Waals surface area contributed by atoms with Crippen LogP contribution in [-0.2, 0) is 39.0 Å². The van der Waals surface area contributed by atoms with E-state index in [9.17, 15) is 27.2 Å². The summed E-state index contributed by atoms with van der Waals surface area (Å²) in [5.74, 6) is -2.31. The Morgan fingerprint density at radius 2 is 1.13 bits per heavy atom. The third-order valence-electron chi connectivity index (χ3n) is 13.6. The average Bonchev–Trinajstić information content (AvgIpc) is 3.55. The molecule has 4 aliphatic carbocycles. The minimum Gasteiger partial charge on any atom is -0.481 e. The Labute approximate surface area is 305 Å². The van der Waals surface area contributed by atoms with E-state index in [0.717, 1.165) is 39.0 Å². The van der Waals surface area contributed by atoms with Crippen molar-refractivity contribution in [2.45, 2.75) is 89.1 Å². The normalized spacial score (nSPS) is 33.2. The Balaban J connectivity index is 0.000000141. The lowest BCUT2D eigenvalue weighted by Crippen LogP contribution is -2.47. The molecule has 8 aliphatic rings. The highest BCUT2D eigenvalue weighted by atomic mass is 19.3. The van der Waals surface area contributed by atoms with Gasteiger partial charge >= 0.3 is 11.9 Å². The first-order chi connectivity index (χ1) is 25.2. The number of hydrogen-bond donors (Lipinski definition) is 1. The lowest BCUT2D eigenvalue weighted by molar-refractivity contribution is -0.141. The monoisotopic (exact) mass is 742 g/mol. The first-order valence-corrected chi connectivity index (χ1v) is 19.1. The molecule has 0 spiro atoms. The molecule has 2 aromatic heterocycles. The summed E-state index contributed by atoms with van der Waals surface area (Å²) in [5, 5.41) is 8.98. The van der Waals surface area contributed by atoms with Gasteiger partial charge in [-0.2, -0.15) is 27.5 Å². The number of carbonyl (C=O) groups excluding carboxylic acids is 1. The minimum absolute atomic E-state index is 0.0757. The zero-order valence-electron chi connectivity index (χ0n) is 30.3. The number of carboxylic acids is 1. The number of rotatable bonds is 8. The molecule has 4 saturated heterocycles. The van der Waals surface area contributed by atoms with E-state index in [1.54, 1.807) is 0 Å². The molecule has 6 heterocycles. The van der Waals surface area contributed by atoms with Gasteiger partial charge in [0.2, 0.25) is 11.9 Å². The van der Waals surface area contributed by atoms with Crippen molar-refractivity contribution in [3.05, 3.63) is 22.5 Å². The molecule has 2 aromatic rings. The number of methoxy groups -OCH3 is 1. The summed E-state index contributed by atoms with van der Waals surface area (Å²) in [6.45, 7) is 8.72. The second-order valence-corrected chi connectivity index (χ2v) is 16.6. The van der Waals surface area contributed by atoms with Gasteiger partial charge in [0.25, 0.3) is 11.8 Å². The maximum atomic E-state index is 14.4. The molecule has 2 saturated carbocycles. The predicted molar refractivity (Wildman–Crippen MR) is 186 cm³/mol. The molecule has 53 heavy (non-hydrogen) atoms. The summed E-state index contributed by atoms with van der Waals surface area (Å²) in [6.07, 6.45) is 2.96. The highest BCUT2D eigenvalue weighted by Gasteiger charge is 2.58. The number of hydrogen-bond acceptors (Lipinski definition) is 11. The van der Waals surface area contributed by atoms with Gasteiger partial charge in [0.1, 0.15) is 23.0 Å². The van der Waals surface area contributed by atoms with E-state index in [2.05, 4.69) is 33.6 Å². The van der Waals surface area contributed by atoms with Crippen LogP contribution >= 0.6 is 0 Å². The van der Waals surface area contributed by atoms with Crippen LogP contribution in [0.3, 0.4) is 0 Å². The minimum atomic E-state index is -2.88. The molecule has 12 nitrogen and oxygen atoms in total. The van der Waals surface area contributed by atoms with Crippen LogP contribution in [0.4, 0.5) is 41.1 Å². The third kappa shape index (κ3) is 5.83. The third-order valence-corrected chi connectivity index (χ3v) is 13.6. The maximum absolute atomic E-state index is 14.4. The van der Waals surface area contributed by atoms with Gasteiger partial charge in [0.05, 0.1) is 7.11 Å². The standard InChI is InChI=1S/C19H24F2N4O2.C18H22F2N4O2/c1-10-4-6-25(10)18-22-16-11(3-5-19(16,20)21)17(23-18)24-8-13-12(14(13)9-24)7-15(26)27-2;1-9-3-5-24(9)17-21-15-10(2-4-18(15,19)20)16(22-17)23-7-12-11(6-14(25)26)13(12)8-23/h10,12-14H,3-9H2,1-2H3;9,11-13H,2-8H2,1H3,(H,25,26)/t10?,12?,13-,14+;9?,11?,12-,13+. The van der Waals surface area contributed by atoms with E-state index in [1.165, 1.54) is 7.11 Å². The van der Waals surface area contributed by atoms with Crippen molar-refractivity contribution in [3.63, 3.8) is 0 Å². The van der Waals surface area contributed by atoms with E-state index in [-0.39, 0.29) is 48.6 Å². The summed E-state index contributed by atoms with van der Waals surface area (Å²) >= 11 is 0. The number of piperidine rings is 2. The Kier molecular flexibility index (Phi) is 8.05. The van der Waals surface area contributed by atoms with Gasteiger partial charge < -0.3 is 29.4 Å². The van der Waals surface area contributed by atoms with Crippen LogP contribution in [0.25, 0.3) is 0 Å². The molecule has 8 atom stereocenters. The van der Waals surface area contributed by atoms with E-state index in [4.69, 9.17) is 19.8 Å². The van der Waals surface area contributed by atoms with Crippen LogP contribution in [-0.4, -0.2) is 95.4 Å². The largest absolute Gasteiger partial charge is 0.481 e. The highest BCUT2D eigenvalue weighted by molar-refractivity contribution is 5.70. The Morgan fingerprint density at radius 1 is 0.717 bits per heavy atom. The van der Waals surface area contributed by atoms with Crippen LogP contribution < -0.4 is 19.6 Å². The van der Waals surface area contributed by atoms with Gasteiger partial charge in [-0.25, -0.2) is 9.97 Å². The smallest absolute Gasteiger partial charge is 0.305 e. The summed E-state index contributed by atoms with van der Waals surface area (Å²) in [4.78, 5) is 48.6. The van der Waals surface area contributed by atoms with Gasteiger partial charge in [-0.15, -0.1) is 0 Å². The number of carboxylic acid groups (broad SMARTS) is 1. The Hall–Kier alpha value is -3.98. The number of nitrogens with zero attached hydrogens (tertiary/aromatic N) is 8. The molecule has 4 unspecified atom stereocenters. The number of anilines is 4. The summed E-state index contributed by atoms with van der Waals surface area (Å²) in [7, 11) is 1.41. The van der Waals surface area contributed by atoms with Crippen molar-refractivity contribution in [1.29, 1.82) is 0 Å². The van der Waals surface area contributed by atoms with Crippen molar-refractivity contribution in [3.8, 4) is 0 Å². The SMILES string of the molecule is CC1CCN1c1nc(N2C[C@@H]3C(CC(=O)O)[C@@H]3C2)c2c(n1)C(F)(F)CC2.COC(=O)CC1[C@H]2CN(c3nc(N4CCC4C)nc4c3CCC4(F)F)C[C@@H]12. The zero-order valence-corrected chi connectivity index (χ0v) is 30.3. The molecule has 1 N–H and O–H groups in total. The Morgan fingerprint density at radius 3 is 1.47 bits per heavy atom. The number of alkyl halides is 4. The number of ether oxygens (including phenoxy) is 1. The molecule has 0 bridgehead atoms. The predicted octanol–water partition coefficient (Wildman–Crippen LogP) is 4.63. The molecule has 0 aromatic carbocycles. The number of esters is 1. The van der Waals surface area contributed by atoms with Crippen LogP contribution in [0.1, 0.15) is 74.9 Å². The van der Waals surface area contributed by atoms with Crippen molar-refractivity contribution in [2.75, 3.05) is 66.0 Å². The quantitative estimate of drug-likeness (QED) is 0.299. The summed E-state index contributed by atoms with van der Waals surface area (Å²) in [6, 6.07) is 0.574. The first kappa shape index (κ1) is 34.8. The molecule has 0 radical (unpaired) electrons. The first-order valence-electron chi connectivity index (χ1n) is 19.1. The van der Waals surface area contributed by atoms with Gasteiger partial charge in [0, 0.05) is 88.2 Å². The molecule has 0 amide bonds. The van der Waals surface area contributed by atoms with Crippen molar-refractivity contribution >= 4 is 35.5 Å². The number of carbonyl (C=O) groups is 2.